The minimum absolute atomic E-state index is 0. The van der Waals surface area contributed by atoms with Crippen molar-refractivity contribution < 1.29 is 30.7 Å². The largest absolute Gasteiger partial charge is 1.00 e. The first kappa shape index (κ1) is 17.1. The molecular formula is C18H22O6P-. The van der Waals surface area contributed by atoms with Gasteiger partial charge in [0.2, 0.25) is 0 Å². The van der Waals surface area contributed by atoms with Gasteiger partial charge < -0.3 is 16.2 Å². The van der Waals surface area contributed by atoms with Gasteiger partial charge in [-0.25, -0.2) is 5.26 Å². The summed E-state index contributed by atoms with van der Waals surface area (Å²) in [5, 5.41) is 17.5. The van der Waals surface area contributed by atoms with Crippen LogP contribution >= 0.6 is 8.25 Å². The molecule has 25 heavy (non-hydrogen) atoms. The van der Waals surface area contributed by atoms with E-state index in [1.165, 1.54) is 42.4 Å². The Kier molecular flexibility index (Phi) is 4.21. The van der Waals surface area contributed by atoms with E-state index in [2.05, 4.69) is 29.8 Å². The molecule has 2 bridgehead atoms. The predicted octanol–water partition coefficient (Wildman–Crippen LogP) is 2.50. The predicted molar refractivity (Wildman–Crippen MR) is 89.4 cm³/mol. The number of allylic oxidation sites excluding steroid dienone is 1. The zero-order valence-electron chi connectivity index (χ0n) is 14.9. The highest BCUT2D eigenvalue weighted by Crippen LogP contribution is 2.63. The van der Waals surface area contributed by atoms with Gasteiger partial charge in [-0.3, -0.25) is 0 Å². The lowest BCUT2D eigenvalue weighted by Crippen LogP contribution is -2.57. The van der Waals surface area contributed by atoms with Gasteiger partial charge in [0.15, 0.2) is 0 Å². The van der Waals surface area contributed by atoms with Crippen molar-refractivity contribution in [1.29, 1.82) is 0 Å². The highest BCUT2D eigenvalue weighted by molar-refractivity contribution is 7.30. The summed E-state index contributed by atoms with van der Waals surface area (Å²) in [6.45, 7) is 2.13. The minimum atomic E-state index is -3.04. The number of hydrogen-bond acceptors (Lipinski definition) is 6. The Hall–Kier alpha value is -1.30. The molecule has 1 aliphatic heterocycles. The van der Waals surface area contributed by atoms with Crippen LogP contribution in [-0.4, -0.2) is 22.6 Å². The third kappa shape index (κ3) is 2.40. The molecule has 0 amide bonds. The molecule has 6 nitrogen and oxygen atoms in total. The van der Waals surface area contributed by atoms with Gasteiger partial charge >= 0.3 is 8.25 Å². The maximum Gasteiger partial charge on any atom is 0.521 e. The zero-order chi connectivity index (χ0) is 17.8. The lowest BCUT2D eigenvalue weighted by Gasteiger charge is -2.53. The van der Waals surface area contributed by atoms with E-state index in [9.17, 15) is 5.11 Å². The monoisotopic (exact) mass is 365 g/mol. The van der Waals surface area contributed by atoms with Crippen molar-refractivity contribution in [1.82, 2.24) is 0 Å². The number of aliphatic hydroxyl groups is 1. The van der Waals surface area contributed by atoms with Crippen LogP contribution in [0.4, 0.5) is 0 Å². The Morgan fingerprint density at radius 2 is 2.20 bits per heavy atom. The van der Waals surface area contributed by atoms with E-state index >= 15 is 0 Å². The van der Waals surface area contributed by atoms with E-state index in [1.807, 2.05) is 6.08 Å². The quantitative estimate of drug-likeness (QED) is 0.343. The number of ether oxygens (including phenoxy) is 1. The van der Waals surface area contributed by atoms with Crippen molar-refractivity contribution in [2.24, 2.45) is 11.8 Å². The maximum atomic E-state index is 10.5. The molecule has 7 heteroatoms. The Labute approximate surface area is 148 Å². The summed E-state index contributed by atoms with van der Waals surface area (Å²) < 4.78 is 18.0. The van der Waals surface area contributed by atoms with E-state index in [1.54, 1.807) is 0 Å². The fraction of sp³-hybridized carbons (Fsp3) is 0.556. The SMILES string of the molecule is Cc1ccc2c3c1O[C@H]1[C@@H](O)C=C[C@H]4[C@H](CCC[C@@]341)C2.O=[P+]([O-])OO.[H-]. The third-order valence-electron chi connectivity index (χ3n) is 6.30. The molecule has 5 rings (SSSR count). The van der Waals surface area contributed by atoms with E-state index in [0.717, 1.165) is 11.7 Å². The van der Waals surface area contributed by atoms with Gasteiger partial charge in [-0.15, -0.1) is 0 Å². The molecule has 136 valence electrons. The van der Waals surface area contributed by atoms with Gasteiger partial charge in [-0.1, -0.05) is 30.7 Å². The van der Waals surface area contributed by atoms with E-state index in [4.69, 9.17) is 19.5 Å². The summed E-state index contributed by atoms with van der Waals surface area (Å²) in [6.07, 6.45) is 8.72. The lowest BCUT2D eigenvalue weighted by atomic mass is 9.50. The summed E-state index contributed by atoms with van der Waals surface area (Å²) in [5.74, 6) is 2.39. The van der Waals surface area contributed by atoms with Crippen LogP contribution < -0.4 is 9.63 Å². The first-order chi connectivity index (χ1) is 12.0. The molecular weight excluding hydrogens is 343 g/mol. The molecule has 6 atom stereocenters. The van der Waals surface area contributed by atoms with Crippen molar-refractivity contribution >= 4 is 8.25 Å². The molecule has 1 aromatic carbocycles. The van der Waals surface area contributed by atoms with E-state index in [0.29, 0.717) is 5.92 Å². The van der Waals surface area contributed by atoms with Crippen molar-refractivity contribution in [2.45, 2.75) is 50.2 Å². The fourth-order valence-corrected chi connectivity index (χ4v) is 5.53. The van der Waals surface area contributed by atoms with Crippen molar-refractivity contribution in [2.75, 3.05) is 0 Å². The first-order valence-corrected chi connectivity index (χ1v) is 9.70. The van der Waals surface area contributed by atoms with Gasteiger partial charge in [0.05, 0.1) is 0 Å². The summed E-state index contributed by atoms with van der Waals surface area (Å²) in [4.78, 5) is 8.93. The second-order valence-electron chi connectivity index (χ2n) is 7.39. The third-order valence-corrected chi connectivity index (χ3v) is 6.43. The second-order valence-corrected chi connectivity index (χ2v) is 8.00. The Balaban J connectivity index is 0.000000293. The van der Waals surface area contributed by atoms with Gasteiger partial charge in [0.1, 0.15) is 18.0 Å². The smallest absolute Gasteiger partial charge is 0.521 e. The molecule has 1 heterocycles. The van der Waals surface area contributed by atoms with Crippen molar-refractivity contribution in [3.8, 4) is 5.75 Å². The molecule has 1 aromatic rings. The molecule has 1 spiro atoms. The van der Waals surface area contributed by atoms with E-state index in [-0.39, 0.29) is 12.9 Å². The first-order valence-electron chi connectivity index (χ1n) is 8.61. The number of aliphatic hydroxyl groups excluding tert-OH is 1. The molecule has 1 fully saturated rings. The average Bonchev–Trinajstić information content (AvgIpc) is 2.94. The highest BCUT2D eigenvalue weighted by atomic mass is 31.1. The molecule has 4 aliphatic rings. The number of hydrogen-bond donors (Lipinski definition) is 2. The summed E-state index contributed by atoms with van der Waals surface area (Å²) >= 11 is 0. The average molecular weight is 365 g/mol. The lowest BCUT2D eigenvalue weighted by molar-refractivity contribution is -0.244. The van der Waals surface area contributed by atoms with Crippen molar-refractivity contribution in [3.05, 3.63) is 41.0 Å². The summed E-state index contributed by atoms with van der Waals surface area (Å²) in [5.41, 5.74) is 4.22. The Morgan fingerprint density at radius 3 is 2.92 bits per heavy atom. The summed E-state index contributed by atoms with van der Waals surface area (Å²) in [7, 11) is -3.04. The Bertz CT molecular complexity index is 753. The summed E-state index contributed by atoms with van der Waals surface area (Å²) in [6, 6.07) is 4.50. The van der Waals surface area contributed by atoms with Crippen molar-refractivity contribution in [3.63, 3.8) is 0 Å². The van der Waals surface area contributed by atoms with Crippen LogP contribution in [0.25, 0.3) is 0 Å². The molecule has 1 unspecified atom stereocenters. The van der Waals surface area contributed by atoms with Gasteiger partial charge in [-0.05, 0) is 53.7 Å². The zero-order valence-corrected chi connectivity index (χ0v) is 14.8. The molecule has 2 N–H and O–H groups in total. The van der Waals surface area contributed by atoms with Gasteiger partial charge in [0, 0.05) is 15.7 Å². The number of benzene rings is 1. The van der Waals surface area contributed by atoms with Crippen LogP contribution in [0.1, 0.15) is 37.4 Å². The number of rotatable bonds is 1. The van der Waals surface area contributed by atoms with E-state index < -0.39 is 14.4 Å². The molecule has 0 aromatic heterocycles. The molecule has 3 aliphatic carbocycles. The van der Waals surface area contributed by atoms with Gasteiger partial charge in [0.25, 0.3) is 0 Å². The fourth-order valence-electron chi connectivity index (χ4n) is 5.53. The normalized spacial score (nSPS) is 36.7. The van der Waals surface area contributed by atoms with Gasteiger partial charge in [-0.2, -0.15) is 0 Å². The molecule has 1 saturated carbocycles. The maximum absolute atomic E-state index is 10.5. The minimum Gasteiger partial charge on any atom is -1.00 e. The topological polar surface area (TPSA) is 99.1 Å². The van der Waals surface area contributed by atoms with Crippen LogP contribution in [0, 0.1) is 18.8 Å². The Morgan fingerprint density at radius 1 is 1.44 bits per heavy atom. The van der Waals surface area contributed by atoms with Crippen LogP contribution in [0.5, 0.6) is 5.75 Å². The second kappa shape index (κ2) is 6.15. The van der Waals surface area contributed by atoms with Crippen LogP contribution in [0.15, 0.2) is 24.3 Å². The standard InChI is InChI=1S/C18H20O2.HO4P.H/c1-10-4-5-12-9-11-3-2-8-18-13(11)6-7-14(19)17(18)20-16(10)15(12)18;1-4-5(2)3;/h4-7,11,13-14,17,19H,2-3,8-9H2,1H3;1H;/q;;-1/t11-,13+,14+,17+,18+;;/m1../s1. The highest BCUT2D eigenvalue weighted by Gasteiger charge is 2.62. The molecule has 0 radical (unpaired) electrons. The van der Waals surface area contributed by atoms with Crippen LogP contribution in [0.3, 0.4) is 0 Å². The molecule has 0 saturated heterocycles. The van der Waals surface area contributed by atoms with Crippen LogP contribution in [-0.2, 0) is 21.1 Å². The number of aryl methyl sites for hydroxylation is 1. The van der Waals surface area contributed by atoms with Crippen LogP contribution in [0.2, 0.25) is 0 Å².